The second-order valence-electron chi connectivity index (χ2n) is 3.66. The summed E-state index contributed by atoms with van der Waals surface area (Å²) in [6, 6.07) is 5.40. The molecule has 2 rings (SSSR count). The van der Waals surface area contributed by atoms with Crippen LogP contribution in [0.25, 0.3) is 24.5 Å². The number of hydrogen-bond donors (Lipinski definition) is 2. The van der Waals surface area contributed by atoms with E-state index in [1.54, 1.807) is 0 Å². The SMILES string of the molecule is C=c1oc(-c2ccc(F)cc2)c(C(=O)NO)c1=C. The van der Waals surface area contributed by atoms with Gasteiger partial charge in [0.15, 0.2) is 0 Å². The van der Waals surface area contributed by atoms with Crippen molar-refractivity contribution in [1.29, 1.82) is 0 Å². The maximum atomic E-state index is 12.8. The molecule has 1 aromatic carbocycles. The Hall–Kier alpha value is -2.40. The lowest BCUT2D eigenvalue weighted by atomic mass is 10.1. The lowest BCUT2D eigenvalue weighted by molar-refractivity contribution is 0.0705. The third-order valence-corrected chi connectivity index (χ3v) is 2.53. The van der Waals surface area contributed by atoms with Crippen molar-refractivity contribution >= 4 is 19.1 Å². The van der Waals surface area contributed by atoms with E-state index in [0.717, 1.165) is 0 Å². The van der Waals surface area contributed by atoms with Gasteiger partial charge in [-0.25, -0.2) is 9.87 Å². The zero-order chi connectivity index (χ0) is 13.3. The van der Waals surface area contributed by atoms with Crippen LogP contribution in [0.3, 0.4) is 0 Å². The summed E-state index contributed by atoms with van der Waals surface area (Å²) in [5.41, 5.74) is 2.30. The molecule has 0 radical (unpaired) electrons. The van der Waals surface area contributed by atoms with Gasteiger partial charge in [-0.2, -0.15) is 0 Å². The summed E-state index contributed by atoms with van der Waals surface area (Å²) in [5.74, 6) is -0.960. The largest absolute Gasteiger partial charge is 0.456 e. The summed E-state index contributed by atoms with van der Waals surface area (Å²) in [6.45, 7) is 7.25. The molecule has 2 N–H and O–H groups in total. The average Bonchev–Trinajstić information content (AvgIpc) is 2.66. The predicted octanol–water partition coefficient (Wildman–Crippen LogP) is 1.03. The molecule has 0 aliphatic heterocycles. The van der Waals surface area contributed by atoms with Crippen molar-refractivity contribution in [2.75, 3.05) is 0 Å². The highest BCUT2D eigenvalue weighted by molar-refractivity contribution is 5.99. The summed E-state index contributed by atoms with van der Waals surface area (Å²) in [6.07, 6.45) is 0. The number of furan rings is 1. The molecule has 0 unspecified atom stereocenters. The number of halogens is 1. The number of hydroxylamine groups is 1. The van der Waals surface area contributed by atoms with Crippen LogP contribution in [-0.4, -0.2) is 11.1 Å². The molecule has 5 heteroatoms. The number of nitrogens with one attached hydrogen (secondary N) is 1. The van der Waals surface area contributed by atoms with Gasteiger partial charge in [0.1, 0.15) is 17.0 Å². The van der Waals surface area contributed by atoms with Gasteiger partial charge in [0.25, 0.3) is 5.91 Å². The number of carbonyl (C=O) groups is 1. The van der Waals surface area contributed by atoms with E-state index in [4.69, 9.17) is 9.62 Å². The standard InChI is InChI=1S/C13H10FNO3/c1-7-8(2)18-12(11(7)13(16)15-17)9-3-5-10(14)6-4-9/h3-6,17H,1-2H2,(H,15,16). The van der Waals surface area contributed by atoms with E-state index in [1.807, 2.05) is 0 Å². The summed E-state index contributed by atoms with van der Waals surface area (Å²) in [5, 5.41) is 8.97. The lowest BCUT2D eigenvalue weighted by Crippen LogP contribution is -2.28. The third-order valence-electron chi connectivity index (χ3n) is 2.53. The Morgan fingerprint density at radius 1 is 1.28 bits per heavy atom. The van der Waals surface area contributed by atoms with Crippen LogP contribution in [0, 0.1) is 5.82 Å². The average molecular weight is 247 g/mol. The molecule has 92 valence electrons. The maximum Gasteiger partial charge on any atom is 0.279 e. The first-order valence-electron chi connectivity index (χ1n) is 5.05. The molecule has 0 fully saturated rings. The van der Waals surface area contributed by atoms with E-state index in [1.165, 1.54) is 29.7 Å². The molecule has 0 aliphatic carbocycles. The Morgan fingerprint density at radius 3 is 2.44 bits per heavy atom. The van der Waals surface area contributed by atoms with Gasteiger partial charge < -0.3 is 4.42 Å². The van der Waals surface area contributed by atoms with E-state index in [2.05, 4.69) is 13.2 Å². The molecule has 1 amide bonds. The molecule has 4 nitrogen and oxygen atoms in total. The quantitative estimate of drug-likeness (QED) is 0.615. The van der Waals surface area contributed by atoms with Gasteiger partial charge in [-0.1, -0.05) is 13.2 Å². The van der Waals surface area contributed by atoms with Gasteiger partial charge in [0.05, 0.1) is 5.56 Å². The summed E-state index contributed by atoms with van der Waals surface area (Å²) in [4.78, 5) is 11.5. The van der Waals surface area contributed by atoms with E-state index in [-0.39, 0.29) is 22.0 Å². The van der Waals surface area contributed by atoms with Gasteiger partial charge in [0, 0.05) is 10.8 Å². The number of rotatable bonds is 2. The zero-order valence-corrected chi connectivity index (χ0v) is 9.37. The van der Waals surface area contributed by atoms with E-state index in [0.29, 0.717) is 5.56 Å². The molecule has 1 aromatic heterocycles. The second-order valence-corrected chi connectivity index (χ2v) is 3.66. The first kappa shape index (κ1) is 12.1. The smallest absolute Gasteiger partial charge is 0.279 e. The molecule has 0 atom stereocenters. The third kappa shape index (κ3) is 1.91. The van der Waals surface area contributed by atoms with E-state index in [9.17, 15) is 9.18 Å². The van der Waals surface area contributed by atoms with Gasteiger partial charge >= 0.3 is 0 Å². The highest BCUT2D eigenvalue weighted by Gasteiger charge is 2.18. The lowest BCUT2D eigenvalue weighted by Gasteiger charge is -2.01. The molecule has 18 heavy (non-hydrogen) atoms. The molecule has 0 saturated heterocycles. The summed E-state index contributed by atoms with van der Waals surface area (Å²) in [7, 11) is 0. The minimum Gasteiger partial charge on any atom is -0.456 e. The van der Waals surface area contributed by atoms with Crippen molar-refractivity contribution in [3.8, 4) is 11.3 Å². The van der Waals surface area contributed by atoms with Crippen LogP contribution in [0.2, 0.25) is 0 Å². The van der Waals surface area contributed by atoms with Crippen LogP contribution >= 0.6 is 0 Å². The highest BCUT2D eigenvalue weighted by Crippen LogP contribution is 2.21. The fourth-order valence-corrected chi connectivity index (χ4v) is 1.61. The Labute approximate surface area is 102 Å². The van der Waals surface area contributed by atoms with Crippen molar-refractivity contribution in [2.45, 2.75) is 0 Å². The Kier molecular flexibility index (Phi) is 2.99. The normalized spacial score (nSPS) is 10.3. The molecular weight excluding hydrogens is 237 g/mol. The first-order chi connectivity index (χ1) is 8.54. The highest BCUT2D eigenvalue weighted by atomic mass is 19.1. The van der Waals surface area contributed by atoms with E-state index >= 15 is 0 Å². The van der Waals surface area contributed by atoms with Gasteiger partial charge in [0.2, 0.25) is 0 Å². The number of hydrogen-bond acceptors (Lipinski definition) is 3. The topological polar surface area (TPSA) is 62.5 Å². The van der Waals surface area contributed by atoms with Crippen LogP contribution in [0.15, 0.2) is 28.7 Å². The summed E-state index contributed by atoms with van der Waals surface area (Å²) < 4.78 is 18.2. The molecule has 0 saturated carbocycles. The number of carbonyl (C=O) groups excluding carboxylic acids is 1. The van der Waals surface area contributed by atoms with Crippen molar-refractivity contribution < 1.29 is 18.8 Å². The molecule has 0 spiro atoms. The minimum atomic E-state index is -0.752. The number of benzene rings is 1. The van der Waals surface area contributed by atoms with Gasteiger partial charge in [-0.05, 0) is 24.3 Å². The maximum absolute atomic E-state index is 12.8. The Balaban J connectivity index is 2.68. The van der Waals surface area contributed by atoms with E-state index < -0.39 is 11.7 Å². The molecule has 2 aromatic rings. The van der Waals surface area contributed by atoms with Gasteiger partial charge in [-0.15, -0.1) is 0 Å². The molecule has 1 heterocycles. The zero-order valence-electron chi connectivity index (χ0n) is 9.37. The number of amides is 1. The van der Waals surface area contributed by atoms with Crippen LogP contribution in [0.1, 0.15) is 10.4 Å². The van der Waals surface area contributed by atoms with Crippen molar-refractivity contribution in [3.05, 3.63) is 46.3 Å². The van der Waals surface area contributed by atoms with Gasteiger partial charge in [-0.3, -0.25) is 10.0 Å². The Morgan fingerprint density at radius 2 is 1.89 bits per heavy atom. The Bertz CT molecular complexity index is 688. The predicted molar refractivity (Wildman–Crippen MR) is 63.6 cm³/mol. The van der Waals surface area contributed by atoms with Crippen LogP contribution in [0.4, 0.5) is 4.39 Å². The first-order valence-corrected chi connectivity index (χ1v) is 5.05. The minimum absolute atomic E-state index is 0.0779. The monoisotopic (exact) mass is 247 g/mol. The molecular formula is C13H10FNO3. The second kappa shape index (κ2) is 4.46. The fourth-order valence-electron chi connectivity index (χ4n) is 1.61. The van der Waals surface area contributed by atoms with Crippen molar-refractivity contribution in [2.24, 2.45) is 0 Å². The molecule has 0 bridgehead atoms. The van der Waals surface area contributed by atoms with Crippen molar-refractivity contribution in [3.63, 3.8) is 0 Å². The van der Waals surface area contributed by atoms with Crippen LogP contribution in [0.5, 0.6) is 0 Å². The van der Waals surface area contributed by atoms with Crippen molar-refractivity contribution in [1.82, 2.24) is 5.48 Å². The fraction of sp³-hybridized carbons (Fsp3) is 0. The summed E-state index contributed by atoms with van der Waals surface area (Å²) >= 11 is 0. The van der Waals surface area contributed by atoms with Crippen LogP contribution in [-0.2, 0) is 0 Å². The molecule has 0 aliphatic rings. The van der Waals surface area contributed by atoms with Crippen LogP contribution < -0.4 is 16.1 Å².